The zero-order chi connectivity index (χ0) is 23.9. The summed E-state index contributed by atoms with van der Waals surface area (Å²) in [6, 6.07) is 8.55. The van der Waals surface area contributed by atoms with Gasteiger partial charge in [-0.15, -0.1) is 0 Å². The molecular formula is C25H29N7O2. The van der Waals surface area contributed by atoms with E-state index in [1.54, 1.807) is 0 Å². The van der Waals surface area contributed by atoms with Gasteiger partial charge in [-0.05, 0) is 11.0 Å². The van der Waals surface area contributed by atoms with Crippen molar-refractivity contribution in [1.82, 2.24) is 29.8 Å². The monoisotopic (exact) mass is 459 g/mol. The number of pyridine rings is 1. The summed E-state index contributed by atoms with van der Waals surface area (Å²) in [6.07, 6.45) is 5.19. The van der Waals surface area contributed by atoms with Crippen LogP contribution in [-0.2, 0) is 12.0 Å². The number of aromatic nitrogens is 5. The molecule has 0 amide bonds. The molecule has 0 radical (unpaired) electrons. The first-order chi connectivity index (χ1) is 16.3. The lowest BCUT2D eigenvalue weighted by molar-refractivity contribution is 0.248. The third kappa shape index (κ3) is 4.38. The molecule has 1 saturated heterocycles. The number of anilines is 1. The van der Waals surface area contributed by atoms with E-state index >= 15 is 0 Å². The Hall–Kier alpha value is -3.72. The maximum absolute atomic E-state index is 12.0. The van der Waals surface area contributed by atoms with Gasteiger partial charge in [0.15, 0.2) is 0 Å². The third-order valence-electron chi connectivity index (χ3n) is 6.40. The average Bonchev–Trinajstić information content (AvgIpc) is 3.26. The van der Waals surface area contributed by atoms with Gasteiger partial charge in [0.1, 0.15) is 11.3 Å². The molecule has 5 rings (SSSR count). The predicted octanol–water partition coefficient (Wildman–Crippen LogP) is 2.62. The molecule has 4 aromatic rings. The summed E-state index contributed by atoms with van der Waals surface area (Å²) in [5.41, 5.74) is 5.02. The SMILES string of the molecule is CC(C)(C)c1ccc(-c2nc3c(N4CCN(Cc5c[nH]c(=O)[nH]c5=O)CC4)cncc3[nH]2)cc1. The first kappa shape index (κ1) is 22.1. The number of piperazine rings is 1. The number of nitrogens with one attached hydrogen (secondary N) is 3. The Labute approximate surface area is 196 Å². The van der Waals surface area contributed by atoms with Gasteiger partial charge in [-0.2, -0.15) is 0 Å². The molecule has 0 atom stereocenters. The van der Waals surface area contributed by atoms with Gasteiger partial charge in [0, 0.05) is 50.0 Å². The van der Waals surface area contributed by atoms with Gasteiger partial charge in [-0.3, -0.25) is 19.7 Å². The molecule has 0 saturated carbocycles. The minimum absolute atomic E-state index is 0.108. The Morgan fingerprint density at radius 1 is 0.971 bits per heavy atom. The van der Waals surface area contributed by atoms with Gasteiger partial charge in [0.05, 0.1) is 23.6 Å². The smallest absolute Gasteiger partial charge is 0.325 e. The molecule has 4 heterocycles. The number of hydrogen-bond acceptors (Lipinski definition) is 6. The normalized spacial score (nSPS) is 15.2. The number of benzene rings is 1. The van der Waals surface area contributed by atoms with Crippen molar-refractivity contribution in [2.75, 3.05) is 31.1 Å². The lowest BCUT2D eigenvalue weighted by atomic mass is 9.87. The number of imidazole rings is 1. The number of H-pyrrole nitrogens is 3. The zero-order valence-corrected chi connectivity index (χ0v) is 19.7. The third-order valence-corrected chi connectivity index (χ3v) is 6.40. The number of nitrogens with zero attached hydrogens (tertiary/aromatic N) is 4. The lowest BCUT2D eigenvalue weighted by Crippen LogP contribution is -2.46. The zero-order valence-electron chi connectivity index (χ0n) is 19.7. The lowest BCUT2D eigenvalue weighted by Gasteiger charge is -2.35. The van der Waals surface area contributed by atoms with E-state index in [-0.39, 0.29) is 11.0 Å². The number of aromatic amines is 3. The van der Waals surface area contributed by atoms with E-state index in [0.717, 1.165) is 54.3 Å². The van der Waals surface area contributed by atoms with Crippen LogP contribution >= 0.6 is 0 Å². The van der Waals surface area contributed by atoms with Gasteiger partial charge < -0.3 is 14.9 Å². The summed E-state index contributed by atoms with van der Waals surface area (Å²) in [5.74, 6) is 0.834. The Balaban J connectivity index is 1.33. The fourth-order valence-corrected chi connectivity index (χ4v) is 4.36. The minimum Gasteiger partial charge on any atom is -0.366 e. The average molecular weight is 460 g/mol. The van der Waals surface area contributed by atoms with Crippen LogP contribution in [0.5, 0.6) is 0 Å². The maximum Gasteiger partial charge on any atom is 0.325 e. The predicted molar refractivity (Wildman–Crippen MR) is 133 cm³/mol. The van der Waals surface area contributed by atoms with Crippen LogP contribution in [-0.4, -0.2) is 56.0 Å². The quantitative estimate of drug-likeness (QED) is 0.432. The highest BCUT2D eigenvalue weighted by Gasteiger charge is 2.22. The van der Waals surface area contributed by atoms with Gasteiger partial charge >= 0.3 is 5.69 Å². The van der Waals surface area contributed by atoms with Crippen molar-refractivity contribution in [1.29, 1.82) is 0 Å². The molecule has 34 heavy (non-hydrogen) atoms. The highest BCUT2D eigenvalue weighted by molar-refractivity contribution is 5.90. The standard InChI is InChI=1S/C25H29N7O2/c1-25(2,3)18-6-4-16(5-7-18)22-28-19-13-26-14-20(21(19)29-22)32-10-8-31(9-11-32)15-17-12-27-24(34)30-23(17)33/h4-7,12-14H,8-11,15H2,1-3H3,(H,28,29)(H2,27,30,33,34). The van der Waals surface area contributed by atoms with E-state index < -0.39 is 5.69 Å². The van der Waals surface area contributed by atoms with Crippen LogP contribution in [0, 0.1) is 0 Å². The number of fused-ring (bicyclic) bond motifs is 1. The topological polar surface area (TPSA) is 114 Å². The number of rotatable bonds is 4. The minimum atomic E-state index is -0.484. The van der Waals surface area contributed by atoms with Crippen LogP contribution in [0.1, 0.15) is 31.9 Å². The summed E-state index contributed by atoms with van der Waals surface area (Å²) in [6.45, 7) is 10.3. The van der Waals surface area contributed by atoms with E-state index in [4.69, 9.17) is 4.98 Å². The molecule has 176 valence electrons. The largest absolute Gasteiger partial charge is 0.366 e. The van der Waals surface area contributed by atoms with Crippen LogP contribution in [0.3, 0.4) is 0 Å². The first-order valence-electron chi connectivity index (χ1n) is 11.5. The molecule has 0 bridgehead atoms. The van der Waals surface area contributed by atoms with Crippen molar-refractivity contribution in [3.05, 3.63) is 74.8 Å². The fraction of sp³-hybridized carbons (Fsp3) is 0.360. The fourth-order valence-electron chi connectivity index (χ4n) is 4.36. The van der Waals surface area contributed by atoms with Crippen LogP contribution in [0.25, 0.3) is 22.4 Å². The van der Waals surface area contributed by atoms with Crippen molar-refractivity contribution in [2.24, 2.45) is 0 Å². The molecule has 0 unspecified atom stereocenters. The first-order valence-corrected chi connectivity index (χ1v) is 11.5. The molecule has 9 heteroatoms. The van der Waals surface area contributed by atoms with Crippen molar-refractivity contribution in [3.8, 4) is 11.4 Å². The van der Waals surface area contributed by atoms with Crippen LogP contribution in [0.15, 0.2) is 52.4 Å². The van der Waals surface area contributed by atoms with Crippen molar-refractivity contribution in [3.63, 3.8) is 0 Å². The molecule has 1 fully saturated rings. The Morgan fingerprint density at radius 2 is 1.71 bits per heavy atom. The number of hydrogen-bond donors (Lipinski definition) is 3. The van der Waals surface area contributed by atoms with Crippen molar-refractivity contribution < 1.29 is 0 Å². The van der Waals surface area contributed by atoms with Crippen LogP contribution in [0.4, 0.5) is 5.69 Å². The van der Waals surface area contributed by atoms with Crippen LogP contribution in [0.2, 0.25) is 0 Å². The second-order valence-electron chi connectivity index (χ2n) is 9.83. The Morgan fingerprint density at radius 3 is 2.38 bits per heavy atom. The molecule has 1 aliphatic heterocycles. The van der Waals surface area contributed by atoms with Gasteiger partial charge in [0.25, 0.3) is 5.56 Å². The van der Waals surface area contributed by atoms with Crippen molar-refractivity contribution in [2.45, 2.75) is 32.7 Å². The Kier molecular flexibility index (Phi) is 5.57. The summed E-state index contributed by atoms with van der Waals surface area (Å²) >= 11 is 0. The van der Waals surface area contributed by atoms with Gasteiger partial charge in [-0.1, -0.05) is 45.0 Å². The van der Waals surface area contributed by atoms with Gasteiger partial charge in [0.2, 0.25) is 0 Å². The van der Waals surface area contributed by atoms with Gasteiger partial charge in [-0.25, -0.2) is 9.78 Å². The summed E-state index contributed by atoms with van der Waals surface area (Å²) in [7, 11) is 0. The second kappa shape index (κ2) is 8.57. The second-order valence-corrected chi connectivity index (χ2v) is 9.83. The maximum atomic E-state index is 12.0. The highest BCUT2D eigenvalue weighted by atomic mass is 16.2. The van der Waals surface area contributed by atoms with E-state index in [9.17, 15) is 9.59 Å². The van der Waals surface area contributed by atoms with E-state index in [1.165, 1.54) is 11.8 Å². The molecule has 3 N–H and O–H groups in total. The molecule has 1 aromatic carbocycles. The summed E-state index contributed by atoms with van der Waals surface area (Å²) in [5, 5.41) is 0. The molecule has 0 aliphatic carbocycles. The highest BCUT2D eigenvalue weighted by Crippen LogP contribution is 2.29. The molecule has 1 aliphatic rings. The van der Waals surface area contributed by atoms with E-state index in [1.807, 2.05) is 12.4 Å². The van der Waals surface area contributed by atoms with Crippen molar-refractivity contribution >= 4 is 16.7 Å². The summed E-state index contributed by atoms with van der Waals surface area (Å²) in [4.78, 5) is 45.4. The Bertz CT molecular complexity index is 1420. The molecule has 0 spiro atoms. The summed E-state index contributed by atoms with van der Waals surface area (Å²) < 4.78 is 0. The van der Waals surface area contributed by atoms with E-state index in [2.05, 4.69) is 74.8 Å². The molecule has 3 aromatic heterocycles. The molecule has 9 nitrogen and oxygen atoms in total. The van der Waals surface area contributed by atoms with E-state index in [0.29, 0.717) is 12.1 Å². The molecular weight excluding hydrogens is 430 g/mol. The van der Waals surface area contributed by atoms with Crippen LogP contribution < -0.4 is 16.1 Å².